The monoisotopic (exact) mass is 732 g/mol. The maximum absolute atomic E-state index is 2.44. The Bertz CT molecular complexity index is 3000. The second-order valence-corrected chi connectivity index (χ2v) is 15.9. The summed E-state index contributed by atoms with van der Waals surface area (Å²) in [6.45, 7) is 2.27. The highest BCUT2D eigenvalue weighted by atomic mass is 32.1. The van der Waals surface area contributed by atoms with Crippen molar-refractivity contribution in [3.63, 3.8) is 0 Å². The van der Waals surface area contributed by atoms with Crippen molar-refractivity contribution in [2.24, 2.45) is 0 Å². The van der Waals surface area contributed by atoms with E-state index in [0.29, 0.717) is 0 Å². The van der Waals surface area contributed by atoms with Crippen LogP contribution in [0.25, 0.3) is 64.3 Å². The van der Waals surface area contributed by atoms with Crippen LogP contribution in [0, 0.1) is 6.92 Å². The molecule has 0 fully saturated rings. The molecule has 10 rings (SSSR count). The van der Waals surface area contributed by atoms with Crippen LogP contribution >= 0.6 is 11.3 Å². The predicted octanol–water partition coefficient (Wildman–Crippen LogP) is 15.3. The van der Waals surface area contributed by atoms with Crippen LogP contribution in [0.1, 0.15) is 39.3 Å². The number of fused-ring (bicyclic) bond motifs is 4. The fourth-order valence-electron chi connectivity index (χ4n) is 8.71. The number of aryl methyl sites for hydroxylation is 1. The summed E-state index contributed by atoms with van der Waals surface area (Å²) >= 11 is 1.89. The molecule has 0 saturated heterocycles. The zero-order chi connectivity index (χ0) is 37.4. The molecule has 0 aliphatic heterocycles. The summed E-state index contributed by atoms with van der Waals surface area (Å²) in [4.78, 5) is 0. The third kappa shape index (κ3) is 6.31. The van der Waals surface area contributed by atoms with Crippen molar-refractivity contribution >= 4 is 42.3 Å². The zero-order valence-electron chi connectivity index (χ0n) is 31.3. The van der Waals surface area contributed by atoms with E-state index >= 15 is 0 Å². The van der Waals surface area contributed by atoms with Gasteiger partial charge < -0.3 is 0 Å². The highest BCUT2D eigenvalue weighted by molar-refractivity contribution is 7.25. The molecule has 0 amide bonds. The quantitative estimate of drug-likeness (QED) is 0.136. The van der Waals surface area contributed by atoms with Gasteiger partial charge in [0.15, 0.2) is 0 Å². The van der Waals surface area contributed by atoms with Crippen LogP contribution in [0.15, 0.2) is 206 Å². The molecule has 0 nitrogen and oxygen atoms in total. The molecule has 0 spiro atoms. The normalized spacial score (nSPS) is 12.0. The largest absolute Gasteiger partial charge is 0.135 e. The summed E-state index contributed by atoms with van der Waals surface area (Å²) in [7, 11) is 0. The van der Waals surface area contributed by atoms with Crippen molar-refractivity contribution in [2.75, 3.05) is 0 Å². The molecule has 0 aliphatic carbocycles. The maximum Gasteiger partial charge on any atom is 0.0358 e. The molecule has 10 aromatic rings. The Morgan fingerprint density at radius 2 is 1.02 bits per heavy atom. The van der Waals surface area contributed by atoms with Crippen molar-refractivity contribution < 1.29 is 0 Å². The molecule has 0 aliphatic rings. The van der Waals surface area contributed by atoms with E-state index < -0.39 is 0 Å². The summed E-state index contributed by atoms with van der Waals surface area (Å²) < 4.78 is 2.66. The van der Waals surface area contributed by atoms with Gasteiger partial charge in [0, 0.05) is 26.1 Å². The van der Waals surface area contributed by atoms with Gasteiger partial charge in [0.25, 0.3) is 0 Å². The van der Waals surface area contributed by atoms with Crippen molar-refractivity contribution in [1.29, 1.82) is 0 Å². The number of hydrogen-bond acceptors (Lipinski definition) is 1. The van der Waals surface area contributed by atoms with Gasteiger partial charge in [-0.2, -0.15) is 0 Å². The van der Waals surface area contributed by atoms with E-state index in [4.69, 9.17) is 0 Å². The first-order valence-electron chi connectivity index (χ1n) is 19.5. The van der Waals surface area contributed by atoms with E-state index in [-0.39, 0.29) is 5.92 Å². The first-order valence-corrected chi connectivity index (χ1v) is 20.3. The molecular formula is C55H40S. The highest BCUT2D eigenvalue weighted by Gasteiger charge is 2.22. The molecule has 1 heterocycles. The van der Waals surface area contributed by atoms with Gasteiger partial charge in [-0.1, -0.05) is 194 Å². The van der Waals surface area contributed by atoms with Crippen LogP contribution in [-0.2, 0) is 6.42 Å². The van der Waals surface area contributed by atoms with Crippen molar-refractivity contribution in [3.8, 4) is 33.4 Å². The molecule has 1 aromatic heterocycles. The SMILES string of the molecule is Cc1cc(-c2ccccc2C(c2ccc(-c3ccccc3)cc2)c2ccc3c(c2)sc2ccccc23)ccc1-c1ccccc1Cc1cccc2ccccc12. The number of thiophene rings is 1. The van der Waals surface area contributed by atoms with Gasteiger partial charge in [-0.05, 0) is 103 Å². The lowest BCUT2D eigenvalue weighted by molar-refractivity contribution is 0.983. The van der Waals surface area contributed by atoms with Crippen molar-refractivity contribution in [3.05, 3.63) is 240 Å². The Kier molecular flexibility index (Phi) is 8.86. The van der Waals surface area contributed by atoms with Crippen molar-refractivity contribution in [1.82, 2.24) is 0 Å². The van der Waals surface area contributed by atoms with Crippen LogP contribution in [0.5, 0.6) is 0 Å². The summed E-state index contributed by atoms with van der Waals surface area (Å²) in [5.74, 6) is 0.0482. The lowest BCUT2D eigenvalue weighted by Crippen LogP contribution is -2.05. The fraction of sp³-hybridized carbons (Fsp3) is 0.0545. The fourth-order valence-corrected chi connectivity index (χ4v) is 9.86. The van der Waals surface area contributed by atoms with Gasteiger partial charge in [-0.15, -0.1) is 11.3 Å². The minimum absolute atomic E-state index is 0.0482. The van der Waals surface area contributed by atoms with Gasteiger partial charge in [0.2, 0.25) is 0 Å². The number of rotatable bonds is 8. The van der Waals surface area contributed by atoms with E-state index in [2.05, 4.69) is 213 Å². The van der Waals surface area contributed by atoms with Gasteiger partial charge in [-0.25, -0.2) is 0 Å². The second-order valence-electron chi connectivity index (χ2n) is 14.9. The molecule has 0 bridgehead atoms. The molecule has 266 valence electrons. The summed E-state index contributed by atoms with van der Waals surface area (Å²) in [5, 5.41) is 5.27. The first kappa shape index (κ1) is 34.0. The average Bonchev–Trinajstić information content (AvgIpc) is 3.63. The number of hydrogen-bond donors (Lipinski definition) is 0. The zero-order valence-corrected chi connectivity index (χ0v) is 32.1. The van der Waals surface area contributed by atoms with E-state index in [1.165, 1.54) is 97.7 Å². The van der Waals surface area contributed by atoms with E-state index in [0.717, 1.165) is 6.42 Å². The average molecular weight is 733 g/mol. The van der Waals surface area contributed by atoms with Crippen LogP contribution in [-0.4, -0.2) is 0 Å². The standard InChI is InChI=1S/C55H40S/c1-37-34-44(30-32-46(37)48-21-8-6-17-43(48)35-42-19-13-18-40-16-5-7-20-47(40)42)49-22-9-10-24-52(49)55(41-28-26-39(27-29-41)38-14-3-2-4-15-38)45-31-33-51-50-23-11-12-25-53(50)56-54(51)36-45/h2-34,36,55H,35H2,1H3. The third-order valence-corrected chi connectivity index (χ3v) is 12.6. The van der Waals surface area contributed by atoms with Gasteiger partial charge >= 0.3 is 0 Å². The highest BCUT2D eigenvalue weighted by Crippen LogP contribution is 2.43. The Balaban J connectivity index is 1.07. The van der Waals surface area contributed by atoms with Crippen molar-refractivity contribution in [2.45, 2.75) is 19.3 Å². The first-order chi connectivity index (χ1) is 27.7. The third-order valence-electron chi connectivity index (χ3n) is 11.5. The van der Waals surface area contributed by atoms with E-state index in [1.54, 1.807) is 0 Å². The van der Waals surface area contributed by atoms with Crippen LogP contribution in [0.4, 0.5) is 0 Å². The van der Waals surface area contributed by atoms with E-state index in [9.17, 15) is 0 Å². The molecule has 1 atom stereocenters. The molecule has 0 radical (unpaired) electrons. The maximum atomic E-state index is 2.44. The summed E-state index contributed by atoms with van der Waals surface area (Å²) in [6, 6.07) is 76.2. The molecule has 9 aromatic carbocycles. The minimum Gasteiger partial charge on any atom is -0.135 e. The van der Waals surface area contributed by atoms with Gasteiger partial charge in [0.05, 0.1) is 0 Å². The molecule has 1 heteroatoms. The Morgan fingerprint density at radius 3 is 1.88 bits per heavy atom. The smallest absolute Gasteiger partial charge is 0.0358 e. The predicted molar refractivity (Wildman–Crippen MR) is 241 cm³/mol. The summed E-state index contributed by atoms with van der Waals surface area (Å²) in [6.07, 6.45) is 0.885. The Labute approximate surface area is 333 Å². The van der Waals surface area contributed by atoms with E-state index in [1.807, 2.05) is 11.3 Å². The van der Waals surface area contributed by atoms with Crippen LogP contribution in [0.3, 0.4) is 0 Å². The van der Waals surface area contributed by atoms with Gasteiger partial charge in [-0.3, -0.25) is 0 Å². The summed E-state index contributed by atoms with van der Waals surface area (Å²) in [5.41, 5.74) is 15.4. The second kappa shape index (κ2) is 14.6. The molecule has 1 unspecified atom stereocenters. The van der Waals surface area contributed by atoms with Gasteiger partial charge in [0.1, 0.15) is 0 Å². The number of benzene rings is 9. The molecule has 56 heavy (non-hydrogen) atoms. The van der Waals surface area contributed by atoms with Crippen LogP contribution < -0.4 is 0 Å². The minimum atomic E-state index is 0.0482. The molecule has 0 saturated carbocycles. The van der Waals surface area contributed by atoms with Crippen LogP contribution in [0.2, 0.25) is 0 Å². The molecule has 0 N–H and O–H groups in total. The lowest BCUT2D eigenvalue weighted by atomic mass is 9.80. The lowest BCUT2D eigenvalue weighted by Gasteiger charge is -2.23. The Morgan fingerprint density at radius 1 is 0.393 bits per heavy atom. The topological polar surface area (TPSA) is 0 Å². The Hall–Kier alpha value is -6.54. The molecular weight excluding hydrogens is 693 g/mol.